The predicted octanol–water partition coefficient (Wildman–Crippen LogP) is 1.50. The predicted molar refractivity (Wildman–Crippen MR) is 89.8 cm³/mol. The van der Waals surface area contributed by atoms with Crippen LogP contribution in [0.4, 0.5) is 5.82 Å². The molecule has 2 aromatic rings. The highest BCUT2D eigenvalue weighted by atomic mass is 16.5. The van der Waals surface area contributed by atoms with Crippen LogP contribution in [-0.4, -0.2) is 34.1 Å². The third-order valence-corrected chi connectivity index (χ3v) is 4.38. The average Bonchev–Trinajstić information content (AvgIpc) is 3.13. The molecule has 1 aliphatic heterocycles. The number of hydrogen-bond acceptors (Lipinski definition) is 7. The van der Waals surface area contributed by atoms with Crippen LogP contribution in [0.3, 0.4) is 0 Å². The Balaban J connectivity index is 2.01. The molecule has 1 atom stereocenters. The summed E-state index contributed by atoms with van der Waals surface area (Å²) in [6, 6.07) is 4.13. The number of anilines is 1. The third-order valence-electron chi connectivity index (χ3n) is 4.38. The van der Waals surface area contributed by atoms with Crippen molar-refractivity contribution in [1.29, 1.82) is 5.26 Å². The number of carbonyl (C=O) groups excluding carboxylic acids is 1. The van der Waals surface area contributed by atoms with Gasteiger partial charge in [-0.1, -0.05) is 5.16 Å². The highest BCUT2D eigenvalue weighted by Gasteiger charge is 2.45. The Morgan fingerprint density at radius 1 is 1.40 bits per heavy atom. The minimum absolute atomic E-state index is 0.168. The van der Waals surface area contributed by atoms with E-state index in [2.05, 4.69) is 26.5 Å². The number of hydrogen-bond donors (Lipinski definition) is 1. The second-order valence-corrected chi connectivity index (χ2v) is 6.46. The van der Waals surface area contributed by atoms with Gasteiger partial charge in [-0.3, -0.25) is 4.79 Å². The summed E-state index contributed by atoms with van der Waals surface area (Å²) in [5.41, 5.74) is 1.53. The van der Waals surface area contributed by atoms with Gasteiger partial charge in [-0.2, -0.15) is 10.2 Å². The molecule has 1 aliphatic rings. The van der Waals surface area contributed by atoms with E-state index in [0.29, 0.717) is 42.6 Å². The fourth-order valence-corrected chi connectivity index (χ4v) is 3.35. The van der Waals surface area contributed by atoms with E-state index in [9.17, 15) is 10.1 Å². The van der Waals surface area contributed by atoms with Crippen molar-refractivity contribution in [3.63, 3.8) is 0 Å². The molecule has 8 heteroatoms. The van der Waals surface area contributed by atoms with Gasteiger partial charge in [-0.25, -0.2) is 4.98 Å². The maximum absolute atomic E-state index is 11.8. The van der Waals surface area contributed by atoms with Crippen molar-refractivity contribution >= 4 is 11.7 Å². The second-order valence-electron chi connectivity index (χ2n) is 6.46. The van der Waals surface area contributed by atoms with Gasteiger partial charge in [0.25, 0.3) is 0 Å². The maximum atomic E-state index is 11.8. The lowest BCUT2D eigenvalue weighted by atomic mass is 9.97. The Labute approximate surface area is 145 Å². The number of aryl methyl sites for hydroxylation is 3. The van der Waals surface area contributed by atoms with Crippen LogP contribution in [0.15, 0.2) is 10.6 Å². The number of aromatic nitrogens is 3. The Bertz CT molecular complexity index is 869. The summed E-state index contributed by atoms with van der Waals surface area (Å²) in [5, 5.41) is 16.5. The van der Waals surface area contributed by atoms with E-state index >= 15 is 0 Å². The van der Waals surface area contributed by atoms with Crippen molar-refractivity contribution in [2.45, 2.75) is 39.7 Å². The molecule has 0 radical (unpaired) electrons. The Morgan fingerprint density at radius 2 is 2.16 bits per heavy atom. The monoisotopic (exact) mass is 340 g/mol. The zero-order valence-electron chi connectivity index (χ0n) is 14.8. The van der Waals surface area contributed by atoms with Crippen LogP contribution in [0.2, 0.25) is 0 Å². The first kappa shape index (κ1) is 16.9. The van der Waals surface area contributed by atoms with Gasteiger partial charge >= 0.3 is 0 Å². The number of pyridine rings is 1. The van der Waals surface area contributed by atoms with Gasteiger partial charge in [-0.15, -0.1) is 0 Å². The van der Waals surface area contributed by atoms with E-state index in [4.69, 9.17) is 4.52 Å². The number of amides is 1. The lowest BCUT2D eigenvalue weighted by Crippen LogP contribution is -2.48. The summed E-state index contributed by atoms with van der Waals surface area (Å²) in [6.45, 7) is 8.03. The molecule has 25 heavy (non-hydrogen) atoms. The zero-order valence-corrected chi connectivity index (χ0v) is 14.8. The van der Waals surface area contributed by atoms with Gasteiger partial charge in [0.2, 0.25) is 11.8 Å². The molecule has 0 aliphatic carbocycles. The highest BCUT2D eigenvalue weighted by Crippen LogP contribution is 2.34. The van der Waals surface area contributed by atoms with Gasteiger partial charge in [0.05, 0.1) is 12.1 Å². The van der Waals surface area contributed by atoms with E-state index < -0.39 is 5.54 Å². The van der Waals surface area contributed by atoms with Crippen molar-refractivity contribution in [2.24, 2.45) is 0 Å². The van der Waals surface area contributed by atoms with Crippen LogP contribution >= 0.6 is 0 Å². The van der Waals surface area contributed by atoms with Crippen molar-refractivity contribution < 1.29 is 9.32 Å². The molecule has 0 aromatic carbocycles. The Kier molecular flexibility index (Phi) is 4.17. The number of carbonyl (C=O) groups is 1. The summed E-state index contributed by atoms with van der Waals surface area (Å²) in [6.07, 6.45) is 0.602. The summed E-state index contributed by atoms with van der Waals surface area (Å²) < 4.78 is 5.11. The van der Waals surface area contributed by atoms with Crippen LogP contribution < -0.4 is 10.2 Å². The molecular weight excluding hydrogens is 320 g/mol. The molecule has 0 unspecified atom stereocenters. The van der Waals surface area contributed by atoms with Crippen molar-refractivity contribution in [3.05, 3.63) is 34.6 Å². The van der Waals surface area contributed by atoms with Crippen molar-refractivity contribution in [1.82, 2.24) is 20.4 Å². The van der Waals surface area contributed by atoms with E-state index in [1.165, 1.54) is 6.92 Å². The molecule has 0 bridgehead atoms. The molecule has 1 N–H and O–H groups in total. The molecule has 1 amide bonds. The fraction of sp³-hybridized carbons (Fsp3) is 0.471. The smallest absolute Gasteiger partial charge is 0.223 e. The first-order valence-corrected chi connectivity index (χ1v) is 8.07. The Morgan fingerprint density at radius 3 is 2.76 bits per heavy atom. The Hall–Kier alpha value is -2.95. The molecule has 0 spiro atoms. The lowest BCUT2D eigenvalue weighted by molar-refractivity contribution is -0.120. The second kappa shape index (κ2) is 6.16. The third kappa shape index (κ3) is 3.05. The molecule has 0 saturated carbocycles. The maximum Gasteiger partial charge on any atom is 0.223 e. The molecule has 1 fully saturated rings. The van der Waals surface area contributed by atoms with Crippen LogP contribution in [-0.2, 0) is 10.3 Å². The lowest BCUT2D eigenvalue weighted by Gasteiger charge is -2.27. The van der Waals surface area contributed by atoms with Crippen LogP contribution in [0, 0.1) is 32.1 Å². The first-order valence-electron chi connectivity index (χ1n) is 8.07. The number of rotatable bonds is 3. The SMILES string of the molecule is CC(=O)N[C@]1(c2noc(C)n2)CCN(c2nc(C)cc(C)c2C#N)C1. The largest absolute Gasteiger partial charge is 0.353 e. The summed E-state index contributed by atoms with van der Waals surface area (Å²) in [4.78, 5) is 22.7. The number of nitrogens with one attached hydrogen (secondary N) is 1. The van der Waals surface area contributed by atoms with Crippen molar-refractivity contribution in [2.75, 3.05) is 18.0 Å². The minimum atomic E-state index is -0.754. The van der Waals surface area contributed by atoms with Gasteiger partial charge in [0, 0.05) is 26.1 Å². The first-order chi connectivity index (χ1) is 11.8. The quantitative estimate of drug-likeness (QED) is 0.902. The molecule has 8 nitrogen and oxygen atoms in total. The van der Waals surface area contributed by atoms with Gasteiger partial charge in [0.1, 0.15) is 17.4 Å². The molecule has 2 aromatic heterocycles. The highest BCUT2D eigenvalue weighted by molar-refractivity contribution is 5.74. The normalized spacial score (nSPS) is 19.7. The molecule has 3 rings (SSSR count). The molecule has 3 heterocycles. The number of nitrogens with zero attached hydrogens (tertiary/aromatic N) is 5. The van der Waals surface area contributed by atoms with Gasteiger partial charge < -0.3 is 14.7 Å². The van der Waals surface area contributed by atoms with E-state index in [1.54, 1.807) is 6.92 Å². The molecule has 130 valence electrons. The van der Waals surface area contributed by atoms with Crippen LogP contribution in [0.5, 0.6) is 0 Å². The minimum Gasteiger partial charge on any atom is -0.353 e. The summed E-state index contributed by atoms with van der Waals surface area (Å²) in [7, 11) is 0. The summed E-state index contributed by atoms with van der Waals surface area (Å²) in [5.74, 6) is 1.36. The number of nitriles is 1. The topological polar surface area (TPSA) is 108 Å². The van der Waals surface area contributed by atoms with E-state index in [1.807, 2.05) is 24.8 Å². The van der Waals surface area contributed by atoms with Crippen LogP contribution in [0.25, 0.3) is 0 Å². The fourth-order valence-electron chi connectivity index (χ4n) is 3.35. The van der Waals surface area contributed by atoms with Gasteiger partial charge in [0.15, 0.2) is 5.82 Å². The summed E-state index contributed by atoms with van der Waals surface area (Å²) >= 11 is 0. The van der Waals surface area contributed by atoms with E-state index in [-0.39, 0.29) is 5.91 Å². The van der Waals surface area contributed by atoms with Gasteiger partial charge in [-0.05, 0) is 31.9 Å². The molecular formula is C17H20N6O2. The average molecular weight is 340 g/mol. The molecule has 1 saturated heterocycles. The van der Waals surface area contributed by atoms with Crippen molar-refractivity contribution in [3.8, 4) is 6.07 Å². The zero-order chi connectivity index (χ0) is 18.2. The van der Waals surface area contributed by atoms with E-state index in [0.717, 1.165) is 11.3 Å². The standard InChI is InChI=1S/C17H20N6O2/c1-10-7-11(2)19-15(14(10)8-18)23-6-5-17(9-23,21-12(3)24)16-20-13(4)25-22-16/h7H,5-6,9H2,1-4H3,(H,21,24)/t17-/m1/s1. The van der Waals surface area contributed by atoms with Crippen LogP contribution in [0.1, 0.15) is 41.9 Å².